The average molecular weight is 319 g/mol. The maximum Gasteiger partial charge on any atom is 0.252 e. The van der Waals surface area contributed by atoms with E-state index in [1.165, 1.54) is 18.2 Å². The van der Waals surface area contributed by atoms with Gasteiger partial charge < -0.3 is 5.32 Å². The van der Waals surface area contributed by atoms with Crippen molar-refractivity contribution in [3.05, 3.63) is 107 Å². The van der Waals surface area contributed by atoms with Crippen LogP contribution in [0.3, 0.4) is 0 Å². The van der Waals surface area contributed by atoms with Crippen LogP contribution in [0.1, 0.15) is 28.4 Å². The average Bonchev–Trinajstić information content (AvgIpc) is 2.63. The first kappa shape index (κ1) is 15.9. The molecule has 3 rings (SSSR count). The molecule has 0 saturated heterocycles. The minimum atomic E-state index is -0.716. The SMILES string of the molecule is CC(NC(=O)c1cccc(F)c1)(c1ccccc1)c1ccccc1. The van der Waals surface area contributed by atoms with Gasteiger partial charge in [-0.2, -0.15) is 0 Å². The zero-order chi connectivity index (χ0) is 17.0. The summed E-state index contributed by atoms with van der Waals surface area (Å²) in [6, 6.07) is 25.2. The highest BCUT2D eigenvalue weighted by molar-refractivity contribution is 5.95. The molecule has 0 fully saturated rings. The van der Waals surface area contributed by atoms with Gasteiger partial charge in [0.25, 0.3) is 5.91 Å². The van der Waals surface area contributed by atoms with Gasteiger partial charge in [-0.25, -0.2) is 4.39 Å². The Morgan fingerprint density at radius 3 is 1.88 bits per heavy atom. The summed E-state index contributed by atoms with van der Waals surface area (Å²) in [4.78, 5) is 12.7. The molecule has 1 amide bonds. The molecule has 24 heavy (non-hydrogen) atoms. The zero-order valence-corrected chi connectivity index (χ0v) is 13.4. The summed E-state index contributed by atoms with van der Waals surface area (Å²) in [5.41, 5.74) is 1.50. The van der Waals surface area contributed by atoms with Crippen LogP contribution in [0, 0.1) is 5.82 Å². The van der Waals surface area contributed by atoms with Crippen molar-refractivity contribution in [1.29, 1.82) is 0 Å². The Morgan fingerprint density at radius 2 is 1.38 bits per heavy atom. The van der Waals surface area contributed by atoms with E-state index in [-0.39, 0.29) is 5.91 Å². The first-order valence-electron chi connectivity index (χ1n) is 7.79. The van der Waals surface area contributed by atoms with Gasteiger partial charge in [0.15, 0.2) is 0 Å². The first-order chi connectivity index (χ1) is 11.6. The number of benzene rings is 3. The molecule has 120 valence electrons. The summed E-state index contributed by atoms with van der Waals surface area (Å²) in [5.74, 6) is -0.742. The van der Waals surface area contributed by atoms with E-state index in [1.807, 2.05) is 67.6 Å². The summed E-state index contributed by atoms with van der Waals surface area (Å²) in [6.07, 6.45) is 0. The van der Waals surface area contributed by atoms with Crippen LogP contribution in [0.25, 0.3) is 0 Å². The lowest BCUT2D eigenvalue weighted by atomic mass is 9.84. The number of carbonyl (C=O) groups is 1. The molecule has 0 spiro atoms. The molecule has 2 nitrogen and oxygen atoms in total. The number of hydrogen-bond acceptors (Lipinski definition) is 1. The Labute approximate surface area is 141 Å². The quantitative estimate of drug-likeness (QED) is 0.752. The Morgan fingerprint density at radius 1 is 0.833 bits per heavy atom. The summed E-state index contributed by atoms with van der Waals surface area (Å²) in [6.45, 7) is 1.95. The molecule has 1 N–H and O–H groups in total. The van der Waals surface area contributed by atoms with Crippen molar-refractivity contribution in [2.24, 2.45) is 0 Å². The molecule has 0 aliphatic heterocycles. The van der Waals surface area contributed by atoms with Crippen molar-refractivity contribution in [3.8, 4) is 0 Å². The van der Waals surface area contributed by atoms with Crippen molar-refractivity contribution in [2.75, 3.05) is 0 Å². The fourth-order valence-corrected chi connectivity index (χ4v) is 2.78. The Balaban J connectivity index is 2.01. The summed E-state index contributed by atoms with van der Waals surface area (Å²) >= 11 is 0. The number of hydrogen-bond donors (Lipinski definition) is 1. The van der Waals surface area contributed by atoms with Crippen LogP contribution in [0.4, 0.5) is 4.39 Å². The largest absolute Gasteiger partial charge is 0.339 e. The lowest BCUT2D eigenvalue weighted by Crippen LogP contribution is -2.44. The lowest BCUT2D eigenvalue weighted by Gasteiger charge is -2.32. The molecule has 3 aromatic carbocycles. The van der Waals surface area contributed by atoms with E-state index < -0.39 is 11.4 Å². The van der Waals surface area contributed by atoms with Crippen LogP contribution in [0.15, 0.2) is 84.9 Å². The van der Waals surface area contributed by atoms with Gasteiger partial charge in [-0.3, -0.25) is 4.79 Å². The smallest absolute Gasteiger partial charge is 0.252 e. The van der Waals surface area contributed by atoms with Crippen LogP contribution >= 0.6 is 0 Å². The molecular formula is C21H18FNO. The lowest BCUT2D eigenvalue weighted by molar-refractivity contribution is 0.0918. The van der Waals surface area contributed by atoms with Gasteiger partial charge >= 0.3 is 0 Å². The third-order valence-electron chi connectivity index (χ3n) is 4.15. The molecular weight excluding hydrogens is 301 g/mol. The standard InChI is InChI=1S/C21H18FNO/c1-21(17-10-4-2-5-11-17,18-12-6-3-7-13-18)23-20(24)16-9-8-14-19(22)15-16/h2-15H,1H3,(H,23,24). The second kappa shape index (κ2) is 6.67. The molecule has 3 aromatic rings. The third kappa shape index (κ3) is 3.20. The molecule has 0 aromatic heterocycles. The monoisotopic (exact) mass is 319 g/mol. The highest BCUT2D eigenvalue weighted by atomic mass is 19.1. The molecule has 0 unspecified atom stereocenters. The predicted molar refractivity (Wildman–Crippen MR) is 93.2 cm³/mol. The van der Waals surface area contributed by atoms with Crippen LogP contribution < -0.4 is 5.32 Å². The minimum absolute atomic E-state index is 0.299. The maximum absolute atomic E-state index is 13.4. The minimum Gasteiger partial charge on any atom is -0.339 e. The Bertz CT molecular complexity index is 791. The van der Waals surface area contributed by atoms with Crippen LogP contribution in [0.5, 0.6) is 0 Å². The molecule has 0 aliphatic rings. The van der Waals surface area contributed by atoms with E-state index in [9.17, 15) is 9.18 Å². The summed E-state index contributed by atoms with van der Waals surface area (Å²) in [7, 11) is 0. The molecule has 0 atom stereocenters. The first-order valence-corrected chi connectivity index (χ1v) is 7.79. The predicted octanol–water partition coefficient (Wildman–Crippen LogP) is 4.52. The number of halogens is 1. The molecule has 3 heteroatoms. The van der Waals surface area contributed by atoms with Gasteiger partial charge in [-0.05, 0) is 36.2 Å². The number of amides is 1. The van der Waals surface area contributed by atoms with Crippen molar-refractivity contribution >= 4 is 5.91 Å². The molecule has 0 heterocycles. The van der Waals surface area contributed by atoms with Gasteiger partial charge in [0, 0.05) is 5.56 Å². The van der Waals surface area contributed by atoms with Crippen LogP contribution in [-0.4, -0.2) is 5.91 Å². The molecule has 0 saturated carbocycles. The van der Waals surface area contributed by atoms with Gasteiger partial charge in [0.2, 0.25) is 0 Å². The van der Waals surface area contributed by atoms with E-state index in [2.05, 4.69) is 5.32 Å². The third-order valence-corrected chi connectivity index (χ3v) is 4.15. The topological polar surface area (TPSA) is 29.1 Å². The summed E-state index contributed by atoms with van der Waals surface area (Å²) in [5, 5.41) is 3.06. The number of rotatable bonds is 4. The van der Waals surface area contributed by atoms with Crippen molar-refractivity contribution in [2.45, 2.75) is 12.5 Å². The van der Waals surface area contributed by atoms with Gasteiger partial charge in [0.05, 0.1) is 5.54 Å². The fourth-order valence-electron chi connectivity index (χ4n) is 2.78. The Hall–Kier alpha value is -2.94. The number of carbonyl (C=O) groups excluding carboxylic acids is 1. The van der Waals surface area contributed by atoms with Gasteiger partial charge in [0.1, 0.15) is 5.82 Å². The highest BCUT2D eigenvalue weighted by Gasteiger charge is 2.30. The van der Waals surface area contributed by atoms with Crippen molar-refractivity contribution < 1.29 is 9.18 Å². The van der Waals surface area contributed by atoms with E-state index in [4.69, 9.17) is 0 Å². The van der Waals surface area contributed by atoms with E-state index in [1.54, 1.807) is 6.07 Å². The van der Waals surface area contributed by atoms with Gasteiger partial charge in [-0.15, -0.1) is 0 Å². The van der Waals surface area contributed by atoms with E-state index in [0.717, 1.165) is 11.1 Å². The maximum atomic E-state index is 13.4. The van der Waals surface area contributed by atoms with E-state index >= 15 is 0 Å². The summed E-state index contributed by atoms with van der Waals surface area (Å²) < 4.78 is 13.4. The Kier molecular flexibility index (Phi) is 4.43. The van der Waals surface area contributed by atoms with Crippen LogP contribution in [-0.2, 0) is 5.54 Å². The molecule has 0 radical (unpaired) electrons. The highest BCUT2D eigenvalue weighted by Crippen LogP contribution is 2.29. The normalized spacial score (nSPS) is 11.1. The van der Waals surface area contributed by atoms with Crippen molar-refractivity contribution in [3.63, 3.8) is 0 Å². The van der Waals surface area contributed by atoms with Crippen molar-refractivity contribution in [1.82, 2.24) is 5.32 Å². The zero-order valence-electron chi connectivity index (χ0n) is 13.4. The fraction of sp³-hybridized carbons (Fsp3) is 0.0952. The second-order valence-corrected chi connectivity index (χ2v) is 5.82. The van der Waals surface area contributed by atoms with Gasteiger partial charge in [-0.1, -0.05) is 66.7 Å². The number of nitrogens with one attached hydrogen (secondary N) is 1. The molecule has 0 bridgehead atoms. The molecule has 0 aliphatic carbocycles. The second-order valence-electron chi connectivity index (χ2n) is 5.82. The van der Waals surface area contributed by atoms with E-state index in [0.29, 0.717) is 5.56 Å². The van der Waals surface area contributed by atoms with Crippen LogP contribution in [0.2, 0.25) is 0 Å².